The molecule has 2 fully saturated rings. The Labute approximate surface area is 292 Å². The van der Waals surface area contributed by atoms with E-state index in [0.717, 1.165) is 33.8 Å². The van der Waals surface area contributed by atoms with Crippen LogP contribution in [0.2, 0.25) is 0 Å². The van der Waals surface area contributed by atoms with Gasteiger partial charge < -0.3 is 24.5 Å². The van der Waals surface area contributed by atoms with Crippen LogP contribution in [-0.4, -0.2) is 75.6 Å². The van der Waals surface area contributed by atoms with Crippen LogP contribution < -0.4 is 14.5 Å². The number of aliphatic hydroxyl groups excluding tert-OH is 1. The summed E-state index contributed by atoms with van der Waals surface area (Å²) < 4.78 is 3.85. The van der Waals surface area contributed by atoms with Gasteiger partial charge in [-0.15, -0.1) is 11.8 Å². The van der Waals surface area contributed by atoms with E-state index in [9.17, 15) is 9.90 Å². The molecule has 6 atom stereocenters. The van der Waals surface area contributed by atoms with Gasteiger partial charge in [0.15, 0.2) is 0 Å². The second kappa shape index (κ2) is 12.8. The van der Waals surface area contributed by atoms with Gasteiger partial charge in [-0.2, -0.15) is 0 Å². The number of aliphatic hydroxyl groups is 1. The minimum Gasteiger partial charge on any atom is -0.494 e. The lowest BCUT2D eigenvalue weighted by molar-refractivity contribution is -0.142. The van der Waals surface area contributed by atoms with Gasteiger partial charge in [0.1, 0.15) is 11.8 Å². The first-order valence-electron chi connectivity index (χ1n) is 17.1. The number of carbonyl (C=O) groups is 3. The van der Waals surface area contributed by atoms with Crippen molar-refractivity contribution in [2.75, 3.05) is 36.1 Å². The second-order valence-electron chi connectivity index (χ2n) is 13.7. The summed E-state index contributed by atoms with van der Waals surface area (Å²) in [6.07, 6.45) is 8.48. The maximum Gasteiger partial charge on any atom is 0.251 e. The Kier molecular flexibility index (Phi) is 8.69. The number of fused-ring (bicyclic) bond motifs is 2. The average Bonchev–Trinajstić information content (AvgIpc) is 3.37. The molecule has 3 aromatic carbocycles. The number of likely N-dealkylation sites (tertiary alicyclic amines) is 1. The van der Waals surface area contributed by atoms with E-state index >= 15 is 9.59 Å². The Balaban J connectivity index is 1.35. The van der Waals surface area contributed by atoms with Crippen LogP contribution in [0.5, 0.6) is 5.75 Å². The minimum absolute atomic E-state index is 0.153. The number of benzene rings is 3. The van der Waals surface area contributed by atoms with Crippen molar-refractivity contribution in [3.05, 3.63) is 114 Å². The lowest BCUT2D eigenvalue weighted by Gasteiger charge is -2.40. The van der Waals surface area contributed by atoms with Crippen LogP contribution >= 0.6 is 11.8 Å². The molecule has 1 unspecified atom stereocenters. The topological polar surface area (TPSA) is 90.4 Å². The third-order valence-corrected chi connectivity index (χ3v) is 12.3. The Morgan fingerprint density at radius 3 is 2.31 bits per heavy atom. The first kappa shape index (κ1) is 33.2. The molecule has 4 heterocycles. The quantitative estimate of drug-likeness (QED) is 0.317. The molecule has 0 radical (unpaired) electrons. The van der Waals surface area contributed by atoms with Crippen LogP contribution in [0.25, 0.3) is 0 Å². The van der Waals surface area contributed by atoms with Crippen molar-refractivity contribution in [3.8, 4) is 5.75 Å². The molecule has 4 aliphatic heterocycles. The van der Waals surface area contributed by atoms with E-state index in [1.807, 2.05) is 119 Å². The first-order chi connectivity index (χ1) is 23.6. The molecule has 9 heteroatoms. The van der Waals surface area contributed by atoms with E-state index in [2.05, 4.69) is 6.08 Å². The van der Waals surface area contributed by atoms with Crippen LogP contribution in [0.3, 0.4) is 0 Å². The molecule has 4 aliphatic rings. The number of anilines is 2. The molecule has 0 saturated carbocycles. The smallest absolute Gasteiger partial charge is 0.251 e. The summed E-state index contributed by atoms with van der Waals surface area (Å²) >= 11 is 1.55. The summed E-state index contributed by atoms with van der Waals surface area (Å²) in [4.78, 5) is 50.4. The van der Waals surface area contributed by atoms with Crippen LogP contribution in [0.1, 0.15) is 30.5 Å². The van der Waals surface area contributed by atoms with Gasteiger partial charge in [-0.25, -0.2) is 0 Å². The van der Waals surface area contributed by atoms with Crippen LogP contribution in [0, 0.1) is 25.7 Å². The predicted octanol–water partition coefficient (Wildman–Crippen LogP) is 5.50. The molecule has 0 aliphatic carbocycles. The number of ether oxygens (including phenoxy) is 1. The number of thioether (sulfide) groups is 1. The van der Waals surface area contributed by atoms with Crippen molar-refractivity contribution in [2.24, 2.45) is 11.8 Å². The monoisotopic (exact) mass is 677 g/mol. The largest absolute Gasteiger partial charge is 0.494 e. The molecule has 1 spiro atoms. The summed E-state index contributed by atoms with van der Waals surface area (Å²) in [5.41, 5.74) is 4.46. The first-order valence-corrected chi connectivity index (χ1v) is 17.9. The number of carbonyl (C=O) groups excluding carboxylic acids is 3. The van der Waals surface area contributed by atoms with Crippen molar-refractivity contribution in [1.29, 1.82) is 0 Å². The van der Waals surface area contributed by atoms with Gasteiger partial charge in [0.2, 0.25) is 11.8 Å². The number of hydrogen-bond donors (Lipinski definition) is 1. The van der Waals surface area contributed by atoms with Gasteiger partial charge in [-0.1, -0.05) is 66.8 Å². The standard InChI is InChI=1S/C40H43N3O5S/c1-5-48-31-17-15-29(16-18-31)41-21-9-19-39(4)33(36(41)45)34-37(46)43(30(25-44)24-28-11-7-6-8-12-28)35-38(47)42(22-10-20-40(34,35)49-39)32-23-26(2)13-14-27(32)3/h6-20,23,30,33-35,44H,5,21-22,24-25H2,1-4H3/t30-,33+,34+,35?,39-,40+/m1/s1. The van der Waals surface area contributed by atoms with Crippen molar-refractivity contribution in [1.82, 2.24) is 4.90 Å². The predicted molar refractivity (Wildman–Crippen MR) is 194 cm³/mol. The summed E-state index contributed by atoms with van der Waals surface area (Å²) in [7, 11) is 0. The van der Waals surface area contributed by atoms with E-state index in [4.69, 9.17) is 4.74 Å². The SMILES string of the molecule is CCOc1ccc(N2CC=C[C@@]3(C)S[C@]45C=CCN(c6cc(C)ccc6C)C(=O)C4N([C@@H](CO)Cc4ccccc4)C(=O)[C@@H]5[C@H]3C2=O)cc1. The summed E-state index contributed by atoms with van der Waals surface area (Å²) in [6.45, 7) is 8.86. The molecule has 49 heavy (non-hydrogen) atoms. The zero-order chi connectivity index (χ0) is 34.5. The molecule has 8 nitrogen and oxygen atoms in total. The summed E-state index contributed by atoms with van der Waals surface area (Å²) in [6, 6.07) is 21.6. The minimum atomic E-state index is -1.04. The van der Waals surface area contributed by atoms with E-state index in [1.54, 1.807) is 26.5 Å². The molecule has 3 amide bonds. The van der Waals surface area contributed by atoms with E-state index in [-0.39, 0.29) is 24.3 Å². The normalized spacial score (nSPS) is 28.2. The zero-order valence-electron chi connectivity index (χ0n) is 28.4. The van der Waals surface area contributed by atoms with Gasteiger partial charge in [0.25, 0.3) is 5.91 Å². The lowest BCUT2D eigenvalue weighted by atomic mass is 9.74. The fourth-order valence-electron chi connectivity index (χ4n) is 8.34. The average molecular weight is 678 g/mol. The molecular weight excluding hydrogens is 635 g/mol. The molecule has 7 rings (SSSR count). The highest BCUT2D eigenvalue weighted by Crippen LogP contribution is 2.66. The Bertz CT molecular complexity index is 1830. The zero-order valence-corrected chi connectivity index (χ0v) is 29.2. The Hall–Kier alpha value is -4.34. The highest BCUT2D eigenvalue weighted by atomic mass is 32.2. The highest BCUT2D eigenvalue weighted by molar-refractivity contribution is 8.02. The Morgan fingerprint density at radius 2 is 1.59 bits per heavy atom. The molecule has 0 bridgehead atoms. The number of amides is 3. The maximum atomic E-state index is 15.2. The number of hydrogen-bond acceptors (Lipinski definition) is 6. The van der Waals surface area contributed by atoms with E-state index in [1.165, 1.54) is 0 Å². The molecule has 1 N–H and O–H groups in total. The number of aryl methyl sites for hydroxylation is 2. The fourth-order valence-corrected chi connectivity index (χ4v) is 10.5. The van der Waals surface area contributed by atoms with E-state index in [0.29, 0.717) is 26.1 Å². The summed E-state index contributed by atoms with van der Waals surface area (Å²) in [5.74, 6) is -1.47. The van der Waals surface area contributed by atoms with Gasteiger partial charge >= 0.3 is 0 Å². The Morgan fingerprint density at radius 1 is 0.878 bits per heavy atom. The lowest BCUT2D eigenvalue weighted by Crippen LogP contribution is -2.57. The third-order valence-electron chi connectivity index (χ3n) is 10.5. The molecular formula is C40H43N3O5S. The van der Waals surface area contributed by atoms with Crippen molar-refractivity contribution in [3.63, 3.8) is 0 Å². The molecule has 254 valence electrons. The number of nitrogens with zero attached hydrogens (tertiary/aromatic N) is 3. The second-order valence-corrected chi connectivity index (χ2v) is 15.5. The maximum absolute atomic E-state index is 15.2. The van der Waals surface area contributed by atoms with Gasteiger partial charge in [0.05, 0.1) is 35.8 Å². The third kappa shape index (κ3) is 5.47. The van der Waals surface area contributed by atoms with E-state index < -0.39 is 33.4 Å². The van der Waals surface area contributed by atoms with Crippen LogP contribution in [0.15, 0.2) is 97.1 Å². The summed E-state index contributed by atoms with van der Waals surface area (Å²) in [5, 5.41) is 10.9. The van der Waals surface area contributed by atoms with Gasteiger partial charge in [0, 0.05) is 29.2 Å². The molecule has 2 saturated heterocycles. The van der Waals surface area contributed by atoms with Crippen molar-refractivity contribution in [2.45, 2.75) is 55.7 Å². The molecule has 3 aromatic rings. The fraction of sp³-hybridized carbons (Fsp3) is 0.375. The van der Waals surface area contributed by atoms with Crippen LogP contribution in [-0.2, 0) is 20.8 Å². The molecule has 0 aromatic heterocycles. The van der Waals surface area contributed by atoms with Gasteiger partial charge in [-0.05, 0) is 81.1 Å². The highest BCUT2D eigenvalue weighted by Gasteiger charge is 2.74. The number of rotatable bonds is 8. The van der Waals surface area contributed by atoms with Crippen molar-refractivity contribution < 1.29 is 24.2 Å². The van der Waals surface area contributed by atoms with Gasteiger partial charge in [-0.3, -0.25) is 14.4 Å². The van der Waals surface area contributed by atoms with Crippen molar-refractivity contribution >= 4 is 40.9 Å². The van der Waals surface area contributed by atoms with Crippen LogP contribution in [0.4, 0.5) is 11.4 Å².